The van der Waals surface area contributed by atoms with Gasteiger partial charge in [0.2, 0.25) is 0 Å². The predicted molar refractivity (Wildman–Crippen MR) is 64.1 cm³/mol. The SMILES string of the molecule is C=CCNCc1ccccc1OCCC. The van der Waals surface area contributed by atoms with Crippen molar-refractivity contribution in [2.75, 3.05) is 13.2 Å². The van der Waals surface area contributed by atoms with Crippen LogP contribution in [0.4, 0.5) is 0 Å². The van der Waals surface area contributed by atoms with Crippen molar-refractivity contribution in [3.05, 3.63) is 42.5 Å². The van der Waals surface area contributed by atoms with Gasteiger partial charge >= 0.3 is 0 Å². The Hall–Kier alpha value is -1.28. The van der Waals surface area contributed by atoms with Gasteiger partial charge in [-0.2, -0.15) is 0 Å². The molecule has 1 rings (SSSR count). The molecule has 1 N–H and O–H groups in total. The molecule has 0 fully saturated rings. The minimum Gasteiger partial charge on any atom is -0.493 e. The summed E-state index contributed by atoms with van der Waals surface area (Å²) in [5, 5.41) is 3.27. The monoisotopic (exact) mass is 205 g/mol. The molecule has 0 saturated carbocycles. The molecule has 0 aliphatic heterocycles. The Labute approximate surface area is 92.0 Å². The molecule has 0 unspecified atom stereocenters. The van der Waals surface area contributed by atoms with Gasteiger partial charge in [-0.3, -0.25) is 0 Å². The van der Waals surface area contributed by atoms with E-state index in [0.29, 0.717) is 0 Å². The first-order chi connectivity index (χ1) is 7.38. The third-order valence-electron chi connectivity index (χ3n) is 2.04. The number of hydrogen-bond donors (Lipinski definition) is 1. The molecule has 82 valence electrons. The molecule has 2 heteroatoms. The molecule has 0 aliphatic rings. The van der Waals surface area contributed by atoms with Crippen molar-refractivity contribution in [2.24, 2.45) is 0 Å². The Bertz CT molecular complexity index is 296. The van der Waals surface area contributed by atoms with Crippen LogP contribution in [0.15, 0.2) is 36.9 Å². The summed E-state index contributed by atoms with van der Waals surface area (Å²) in [5.74, 6) is 0.982. The second-order valence-electron chi connectivity index (χ2n) is 3.38. The summed E-state index contributed by atoms with van der Waals surface area (Å²) in [5.41, 5.74) is 1.20. The molecule has 0 aliphatic carbocycles. The van der Waals surface area contributed by atoms with Crippen LogP contribution in [0, 0.1) is 0 Å². The molecular formula is C13H19NO. The Kier molecular flexibility index (Phi) is 5.56. The minimum atomic E-state index is 0.776. The zero-order valence-electron chi connectivity index (χ0n) is 9.33. The van der Waals surface area contributed by atoms with Gasteiger partial charge in [-0.25, -0.2) is 0 Å². The molecule has 1 aromatic rings. The van der Waals surface area contributed by atoms with E-state index in [-0.39, 0.29) is 0 Å². The first-order valence-electron chi connectivity index (χ1n) is 5.40. The highest BCUT2D eigenvalue weighted by Gasteiger charge is 2.00. The van der Waals surface area contributed by atoms with E-state index in [0.717, 1.165) is 31.9 Å². The van der Waals surface area contributed by atoms with Crippen LogP contribution in [0.3, 0.4) is 0 Å². The van der Waals surface area contributed by atoms with Crippen molar-refractivity contribution in [1.82, 2.24) is 5.32 Å². The third-order valence-corrected chi connectivity index (χ3v) is 2.04. The van der Waals surface area contributed by atoms with E-state index in [1.54, 1.807) is 0 Å². The fraction of sp³-hybridized carbons (Fsp3) is 0.385. The van der Waals surface area contributed by atoms with Crippen molar-refractivity contribution in [3.63, 3.8) is 0 Å². The van der Waals surface area contributed by atoms with E-state index in [1.807, 2.05) is 24.3 Å². The molecule has 1 aromatic carbocycles. The molecule has 0 bridgehead atoms. The standard InChI is InChI=1S/C13H19NO/c1-3-9-14-11-12-7-5-6-8-13(12)15-10-4-2/h3,5-8,14H,1,4,9-11H2,2H3. The van der Waals surface area contributed by atoms with Gasteiger partial charge in [0.25, 0.3) is 0 Å². The number of rotatable bonds is 7. The van der Waals surface area contributed by atoms with Crippen LogP contribution < -0.4 is 10.1 Å². The first kappa shape index (κ1) is 11.8. The van der Waals surface area contributed by atoms with Crippen molar-refractivity contribution < 1.29 is 4.74 Å². The van der Waals surface area contributed by atoms with E-state index in [4.69, 9.17) is 4.74 Å². The van der Waals surface area contributed by atoms with Gasteiger partial charge in [0, 0.05) is 18.7 Å². The second kappa shape index (κ2) is 7.07. The summed E-state index contributed by atoms with van der Waals surface area (Å²) in [6.45, 7) is 8.20. The maximum absolute atomic E-state index is 5.65. The highest BCUT2D eigenvalue weighted by molar-refractivity contribution is 5.33. The lowest BCUT2D eigenvalue weighted by molar-refractivity contribution is 0.313. The molecule has 15 heavy (non-hydrogen) atoms. The molecule has 2 nitrogen and oxygen atoms in total. The normalized spacial score (nSPS) is 9.93. The molecule has 0 atom stereocenters. The number of hydrogen-bond acceptors (Lipinski definition) is 2. The quantitative estimate of drug-likeness (QED) is 0.546. The summed E-state index contributed by atoms with van der Waals surface area (Å²) < 4.78 is 5.65. The van der Waals surface area contributed by atoms with Crippen LogP contribution in [0.2, 0.25) is 0 Å². The number of para-hydroxylation sites is 1. The average Bonchev–Trinajstić information content (AvgIpc) is 2.28. The Balaban J connectivity index is 2.55. The van der Waals surface area contributed by atoms with Crippen molar-refractivity contribution in [2.45, 2.75) is 19.9 Å². The lowest BCUT2D eigenvalue weighted by atomic mass is 10.2. The van der Waals surface area contributed by atoms with Crippen molar-refractivity contribution in [3.8, 4) is 5.75 Å². The van der Waals surface area contributed by atoms with E-state index in [9.17, 15) is 0 Å². The topological polar surface area (TPSA) is 21.3 Å². The van der Waals surface area contributed by atoms with Gasteiger partial charge in [0.15, 0.2) is 0 Å². The third kappa shape index (κ3) is 4.17. The average molecular weight is 205 g/mol. The maximum atomic E-state index is 5.65. The zero-order valence-corrected chi connectivity index (χ0v) is 9.33. The van der Waals surface area contributed by atoms with Gasteiger partial charge in [0.1, 0.15) is 5.75 Å². The fourth-order valence-corrected chi connectivity index (χ4v) is 1.31. The van der Waals surface area contributed by atoms with Crippen LogP contribution >= 0.6 is 0 Å². The second-order valence-corrected chi connectivity index (χ2v) is 3.38. The molecule has 0 amide bonds. The fourth-order valence-electron chi connectivity index (χ4n) is 1.31. The molecule has 0 spiro atoms. The van der Waals surface area contributed by atoms with Gasteiger partial charge in [-0.1, -0.05) is 31.2 Å². The highest BCUT2D eigenvalue weighted by Crippen LogP contribution is 2.17. The molecular weight excluding hydrogens is 186 g/mol. The van der Waals surface area contributed by atoms with Gasteiger partial charge in [0.05, 0.1) is 6.61 Å². The van der Waals surface area contributed by atoms with Crippen LogP contribution in [-0.4, -0.2) is 13.2 Å². The zero-order chi connectivity index (χ0) is 10.9. The summed E-state index contributed by atoms with van der Waals surface area (Å²) in [7, 11) is 0. The first-order valence-corrected chi connectivity index (χ1v) is 5.40. The van der Waals surface area contributed by atoms with Crippen LogP contribution in [-0.2, 0) is 6.54 Å². The summed E-state index contributed by atoms with van der Waals surface area (Å²) in [6.07, 6.45) is 2.89. The van der Waals surface area contributed by atoms with Crippen LogP contribution in [0.5, 0.6) is 5.75 Å². The minimum absolute atomic E-state index is 0.776. The Morgan fingerprint density at radius 2 is 2.20 bits per heavy atom. The molecule has 0 aromatic heterocycles. The Morgan fingerprint density at radius 3 is 2.93 bits per heavy atom. The number of benzene rings is 1. The van der Waals surface area contributed by atoms with E-state index in [1.165, 1.54) is 5.56 Å². The lowest BCUT2D eigenvalue weighted by Gasteiger charge is -2.10. The highest BCUT2D eigenvalue weighted by atomic mass is 16.5. The largest absolute Gasteiger partial charge is 0.493 e. The van der Waals surface area contributed by atoms with Crippen molar-refractivity contribution >= 4 is 0 Å². The van der Waals surface area contributed by atoms with E-state index < -0.39 is 0 Å². The lowest BCUT2D eigenvalue weighted by Crippen LogP contribution is -2.13. The molecule has 0 heterocycles. The molecule has 0 saturated heterocycles. The number of nitrogens with one attached hydrogen (secondary N) is 1. The van der Waals surface area contributed by atoms with Gasteiger partial charge in [-0.05, 0) is 12.5 Å². The van der Waals surface area contributed by atoms with E-state index >= 15 is 0 Å². The van der Waals surface area contributed by atoms with Crippen LogP contribution in [0.25, 0.3) is 0 Å². The van der Waals surface area contributed by atoms with Crippen LogP contribution in [0.1, 0.15) is 18.9 Å². The van der Waals surface area contributed by atoms with Gasteiger partial charge in [-0.15, -0.1) is 6.58 Å². The summed E-state index contributed by atoms with van der Waals surface area (Å²) >= 11 is 0. The maximum Gasteiger partial charge on any atom is 0.123 e. The Morgan fingerprint density at radius 1 is 1.40 bits per heavy atom. The molecule has 0 radical (unpaired) electrons. The number of ether oxygens (including phenoxy) is 1. The smallest absolute Gasteiger partial charge is 0.123 e. The summed E-state index contributed by atoms with van der Waals surface area (Å²) in [4.78, 5) is 0. The van der Waals surface area contributed by atoms with Crippen molar-refractivity contribution in [1.29, 1.82) is 0 Å². The predicted octanol–water partition coefficient (Wildman–Crippen LogP) is 2.75. The van der Waals surface area contributed by atoms with Gasteiger partial charge < -0.3 is 10.1 Å². The van der Waals surface area contributed by atoms with E-state index in [2.05, 4.69) is 24.9 Å². The summed E-state index contributed by atoms with van der Waals surface area (Å²) in [6, 6.07) is 8.13.